The third-order valence-corrected chi connectivity index (χ3v) is 3.98. The Morgan fingerprint density at radius 1 is 1.40 bits per heavy atom. The summed E-state index contributed by atoms with van der Waals surface area (Å²) in [6.45, 7) is 12.5. The second-order valence-corrected chi connectivity index (χ2v) is 7.20. The van der Waals surface area contributed by atoms with E-state index in [9.17, 15) is 9.18 Å². The molecule has 2 heterocycles. The number of hydrogen-bond donors (Lipinski definition) is 2. The van der Waals surface area contributed by atoms with Gasteiger partial charge in [-0.2, -0.15) is 0 Å². The van der Waals surface area contributed by atoms with Gasteiger partial charge in [0.15, 0.2) is 0 Å². The third kappa shape index (κ3) is 7.40. The topological polar surface area (TPSA) is 61.8 Å². The molecule has 0 unspecified atom stereocenters. The third-order valence-electron chi connectivity index (χ3n) is 3.98. The number of fused-ring (bicyclic) bond motifs is 1. The highest BCUT2D eigenvalue weighted by Crippen LogP contribution is 2.26. The molecule has 0 bridgehead atoms. The van der Waals surface area contributed by atoms with Crippen molar-refractivity contribution in [2.24, 2.45) is 0 Å². The van der Waals surface area contributed by atoms with Crippen LogP contribution in [0.2, 0.25) is 0 Å². The van der Waals surface area contributed by atoms with E-state index in [0.717, 1.165) is 25.9 Å². The largest absolute Gasteiger partial charge is 0.444 e. The lowest BCUT2D eigenvalue weighted by Crippen LogP contribution is -2.41. The first kappa shape index (κ1) is 21.4. The van der Waals surface area contributed by atoms with Gasteiger partial charge in [0.05, 0.1) is 12.6 Å². The van der Waals surface area contributed by atoms with Crippen molar-refractivity contribution in [3.05, 3.63) is 36.2 Å². The Morgan fingerprint density at radius 2 is 2.08 bits per heavy atom. The zero-order chi connectivity index (χ0) is 19.0. The molecule has 2 aliphatic heterocycles. The maximum atomic E-state index is 12.3. The number of allylic oxidation sites excluding steroid dienone is 3. The Kier molecular flexibility index (Phi) is 8.32. The van der Waals surface area contributed by atoms with E-state index in [-0.39, 0.29) is 24.1 Å². The van der Waals surface area contributed by atoms with E-state index in [2.05, 4.69) is 11.9 Å². The molecule has 142 valence electrons. The van der Waals surface area contributed by atoms with Crippen molar-refractivity contribution < 1.29 is 19.0 Å². The van der Waals surface area contributed by atoms with Crippen LogP contribution in [0.5, 0.6) is 0 Å². The summed E-state index contributed by atoms with van der Waals surface area (Å²) in [5.41, 5.74) is 0.110. The van der Waals surface area contributed by atoms with Crippen LogP contribution in [0.1, 0.15) is 40.5 Å². The summed E-state index contributed by atoms with van der Waals surface area (Å²) in [7, 11) is 0. The Balaban J connectivity index is 0.000000275. The number of hydrogen-bond acceptors (Lipinski definition) is 4. The fourth-order valence-corrected chi connectivity index (χ4v) is 2.76. The molecule has 0 aromatic heterocycles. The molecule has 0 spiro atoms. The maximum absolute atomic E-state index is 12.3. The van der Waals surface area contributed by atoms with Crippen LogP contribution in [0, 0.1) is 0 Å². The summed E-state index contributed by atoms with van der Waals surface area (Å²) in [5.74, 6) is -0.324. The molecule has 2 atom stereocenters. The van der Waals surface area contributed by atoms with Crippen LogP contribution in [0.3, 0.4) is 0 Å². The Bertz CT molecular complexity index is 523. The summed E-state index contributed by atoms with van der Waals surface area (Å²) in [6, 6.07) is 0.859. The van der Waals surface area contributed by atoms with Crippen LogP contribution in [-0.4, -0.2) is 53.5 Å². The van der Waals surface area contributed by atoms with Crippen LogP contribution in [0.4, 0.5) is 9.18 Å². The maximum Gasteiger partial charge on any atom is 0.410 e. The van der Waals surface area contributed by atoms with E-state index in [1.54, 1.807) is 6.92 Å². The lowest BCUT2D eigenvalue weighted by Gasteiger charge is -2.27. The van der Waals surface area contributed by atoms with E-state index in [4.69, 9.17) is 9.84 Å². The lowest BCUT2D eigenvalue weighted by molar-refractivity contribution is 0.0227. The fourth-order valence-electron chi connectivity index (χ4n) is 2.76. The van der Waals surface area contributed by atoms with Gasteiger partial charge in [0, 0.05) is 12.6 Å². The number of nitrogens with zero attached hydrogens (tertiary/aromatic N) is 1. The summed E-state index contributed by atoms with van der Waals surface area (Å²) < 4.78 is 17.7. The molecule has 25 heavy (non-hydrogen) atoms. The molecule has 0 aromatic rings. The van der Waals surface area contributed by atoms with E-state index in [0.29, 0.717) is 17.7 Å². The fraction of sp³-hybridized carbons (Fsp3) is 0.632. The van der Waals surface area contributed by atoms with Gasteiger partial charge in [0.25, 0.3) is 0 Å². The van der Waals surface area contributed by atoms with Gasteiger partial charge in [-0.05, 0) is 58.7 Å². The second-order valence-electron chi connectivity index (χ2n) is 7.20. The summed E-state index contributed by atoms with van der Waals surface area (Å²) in [6.07, 6.45) is 6.00. The molecule has 0 saturated carbocycles. The molecule has 0 radical (unpaired) electrons. The van der Waals surface area contributed by atoms with Gasteiger partial charge in [-0.25, -0.2) is 9.18 Å². The summed E-state index contributed by atoms with van der Waals surface area (Å²) in [4.78, 5) is 13.8. The first-order valence-corrected chi connectivity index (χ1v) is 8.69. The van der Waals surface area contributed by atoms with Crippen molar-refractivity contribution in [2.75, 3.05) is 19.7 Å². The van der Waals surface area contributed by atoms with Gasteiger partial charge in [-0.15, -0.1) is 0 Å². The quantitative estimate of drug-likeness (QED) is 0.763. The molecule has 2 saturated heterocycles. The number of rotatable bonds is 3. The van der Waals surface area contributed by atoms with Crippen LogP contribution in [0.15, 0.2) is 36.2 Å². The lowest BCUT2D eigenvalue weighted by atomic mass is 10.1. The molecule has 0 aromatic carbocycles. The monoisotopic (exact) mass is 354 g/mol. The summed E-state index contributed by atoms with van der Waals surface area (Å²) in [5, 5.41) is 11.8. The minimum Gasteiger partial charge on any atom is -0.444 e. The predicted molar refractivity (Wildman–Crippen MR) is 98.0 cm³/mol. The first-order chi connectivity index (χ1) is 11.7. The first-order valence-electron chi connectivity index (χ1n) is 8.69. The molecule has 2 fully saturated rings. The minimum atomic E-state index is -0.388. The van der Waals surface area contributed by atoms with E-state index in [1.165, 1.54) is 18.2 Å². The average molecular weight is 354 g/mol. The molecular formula is C19H31FN2O3. The van der Waals surface area contributed by atoms with Crippen LogP contribution >= 0.6 is 0 Å². The van der Waals surface area contributed by atoms with Crippen molar-refractivity contribution in [3.8, 4) is 0 Å². The number of likely N-dealkylation sites (tertiary alicyclic amines) is 1. The van der Waals surface area contributed by atoms with Crippen molar-refractivity contribution >= 4 is 6.09 Å². The number of aliphatic hydroxyl groups excluding tert-OH is 1. The number of amides is 1. The molecule has 6 heteroatoms. The Labute approximate surface area is 150 Å². The van der Waals surface area contributed by atoms with Gasteiger partial charge in [-0.3, -0.25) is 0 Å². The highest BCUT2D eigenvalue weighted by molar-refractivity contribution is 5.69. The highest BCUT2D eigenvalue weighted by atomic mass is 19.1. The van der Waals surface area contributed by atoms with E-state index in [1.807, 2.05) is 25.7 Å². The number of carbonyl (C=O) groups is 1. The highest BCUT2D eigenvalue weighted by Gasteiger charge is 2.41. The standard InChI is InChI=1S/C11H20N2O2.C8H11FO/c1-11(2,3)15-10(14)13-7-5-8-9(13)4-6-12-8;1-3-8(9)5-4-7(2)6-10/h8-9,12H,4-7H2,1-3H3;3-5,10H,2,6H2,1H3/b;5-4-,8-3+/t8-,9-;/m1./s1. The molecule has 2 rings (SSSR count). The van der Waals surface area contributed by atoms with Gasteiger partial charge in [-0.1, -0.05) is 18.7 Å². The normalized spacial score (nSPS) is 23.3. The van der Waals surface area contributed by atoms with Gasteiger partial charge < -0.3 is 20.1 Å². The second kappa shape index (κ2) is 9.73. The van der Waals surface area contributed by atoms with Crippen molar-refractivity contribution in [1.82, 2.24) is 10.2 Å². The zero-order valence-electron chi connectivity index (χ0n) is 15.7. The van der Waals surface area contributed by atoms with Crippen LogP contribution in [0.25, 0.3) is 0 Å². The Morgan fingerprint density at radius 3 is 2.64 bits per heavy atom. The molecule has 5 nitrogen and oxygen atoms in total. The molecule has 1 amide bonds. The van der Waals surface area contributed by atoms with Crippen molar-refractivity contribution in [1.29, 1.82) is 0 Å². The number of halogens is 1. The van der Waals surface area contributed by atoms with E-state index >= 15 is 0 Å². The molecule has 2 aliphatic rings. The smallest absolute Gasteiger partial charge is 0.410 e. The number of ether oxygens (including phenoxy) is 1. The van der Waals surface area contributed by atoms with E-state index < -0.39 is 0 Å². The summed E-state index contributed by atoms with van der Waals surface area (Å²) >= 11 is 0. The SMILES string of the molecule is C=C(/C=C\C(F)=C/C)CO.CC(C)(C)OC(=O)N1CC[C@H]2NCC[C@H]21. The van der Waals surface area contributed by atoms with Crippen LogP contribution in [-0.2, 0) is 4.74 Å². The van der Waals surface area contributed by atoms with Gasteiger partial charge in [0.2, 0.25) is 0 Å². The molecular weight excluding hydrogens is 323 g/mol. The van der Waals surface area contributed by atoms with Crippen molar-refractivity contribution in [2.45, 2.75) is 58.2 Å². The molecule has 2 N–H and O–H groups in total. The van der Waals surface area contributed by atoms with Crippen LogP contribution < -0.4 is 5.32 Å². The Hall–Kier alpha value is -1.66. The van der Waals surface area contributed by atoms with Gasteiger partial charge >= 0.3 is 6.09 Å². The number of carbonyl (C=O) groups excluding carboxylic acids is 1. The predicted octanol–water partition coefficient (Wildman–Crippen LogP) is 3.32. The average Bonchev–Trinajstić information content (AvgIpc) is 3.14. The van der Waals surface area contributed by atoms with Gasteiger partial charge in [0.1, 0.15) is 11.4 Å². The number of aliphatic hydroxyl groups is 1. The van der Waals surface area contributed by atoms with Crippen molar-refractivity contribution in [3.63, 3.8) is 0 Å². The zero-order valence-corrected chi connectivity index (χ0v) is 15.7. The molecule has 0 aliphatic carbocycles. The minimum absolute atomic E-state index is 0.131. The number of nitrogens with one attached hydrogen (secondary N) is 1.